The third-order valence-electron chi connectivity index (χ3n) is 2.41. The molecule has 19 heavy (non-hydrogen) atoms. The molecule has 1 aromatic carbocycles. The van der Waals surface area contributed by atoms with Gasteiger partial charge in [0.15, 0.2) is 5.69 Å². The summed E-state index contributed by atoms with van der Waals surface area (Å²) in [4.78, 5) is 30.8. The number of carbonyl (C=O) groups is 2. The molecule has 96 valence electrons. The molecule has 0 aliphatic rings. The molecule has 0 N–H and O–H groups in total. The Morgan fingerprint density at radius 1 is 1.16 bits per heavy atom. The maximum atomic E-state index is 13.5. The van der Waals surface area contributed by atoms with Gasteiger partial charge >= 0.3 is 5.97 Å². The summed E-state index contributed by atoms with van der Waals surface area (Å²) >= 11 is 0. The number of aromatic nitrogens is 2. The molecule has 0 saturated carbocycles. The maximum absolute atomic E-state index is 13.5. The number of nitrogens with zero attached hydrogens (tertiary/aromatic N) is 2. The number of esters is 1. The van der Waals surface area contributed by atoms with E-state index in [1.54, 1.807) is 6.07 Å². The molecule has 0 aliphatic heterocycles. The minimum Gasteiger partial charge on any atom is -0.464 e. The van der Waals surface area contributed by atoms with E-state index in [2.05, 4.69) is 14.7 Å². The van der Waals surface area contributed by atoms with E-state index in [9.17, 15) is 14.0 Å². The molecule has 2 rings (SSSR count). The van der Waals surface area contributed by atoms with Crippen molar-refractivity contribution in [1.82, 2.24) is 9.97 Å². The van der Waals surface area contributed by atoms with Gasteiger partial charge in [-0.1, -0.05) is 12.1 Å². The van der Waals surface area contributed by atoms with E-state index in [1.807, 2.05) is 0 Å². The van der Waals surface area contributed by atoms with E-state index in [0.29, 0.717) is 0 Å². The van der Waals surface area contributed by atoms with Crippen molar-refractivity contribution in [2.75, 3.05) is 7.11 Å². The van der Waals surface area contributed by atoms with Crippen LogP contribution >= 0.6 is 0 Å². The monoisotopic (exact) mass is 260 g/mol. The van der Waals surface area contributed by atoms with Gasteiger partial charge in [-0.05, 0) is 12.1 Å². The highest BCUT2D eigenvalue weighted by Gasteiger charge is 2.17. The minimum absolute atomic E-state index is 0.0582. The van der Waals surface area contributed by atoms with Crippen LogP contribution < -0.4 is 0 Å². The molecule has 0 radical (unpaired) electrons. The van der Waals surface area contributed by atoms with Gasteiger partial charge in [-0.15, -0.1) is 0 Å². The lowest BCUT2D eigenvalue weighted by Crippen LogP contribution is -2.11. The maximum Gasteiger partial charge on any atom is 0.356 e. The summed E-state index contributed by atoms with van der Waals surface area (Å²) in [5, 5.41) is 0. The van der Waals surface area contributed by atoms with Crippen molar-refractivity contribution < 1.29 is 18.7 Å². The minimum atomic E-state index is -0.690. The van der Waals surface area contributed by atoms with Crippen molar-refractivity contribution in [3.05, 3.63) is 59.4 Å². The second-order valence-corrected chi connectivity index (χ2v) is 3.59. The van der Waals surface area contributed by atoms with Crippen LogP contribution in [0.15, 0.2) is 36.7 Å². The zero-order valence-corrected chi connectivity index (χ0v) is 9.96. The van der Waals surface area contributed by atoms with Crippen molar-refractivity contribution in [2.24, 2.45) is 0 Å². The van der Waals surface area contributed by atoms with Crippen LogP contribution in [0.5, 0.6) is 0 Å². The number of methoxy groups -OCH3 is 1. The van der Waals surface area contributed by atoms with Gasteiger partial charge in [0.2, 0.25) is 5.78 Å². The number of hydrogen-bond acceptors (Lipinski definition) is 5. The molecule has 0 atom stereocenters. The number of ether oxygens (including phenoxy) is 1. The smallest absolute Gasteiger partial charge is 0.356 e. The highest BCUT2D eigenvalue weighted by Crippen LogP contribution is 2.12. The fourth-order valence-electron chi connectivity index (χ4n) is 1.48. The first-order chi connectivity index (χ1) is 9.13. The predicted molar refractivity (Wildman–Crippen MR) is 63.2 cm³/mol. The van der Waals surface area contributed by atoms with Crippen LogP contribution in [0, 0.1) is 5.82 Å². The average molecular weight is 260 g/mol. The number of halogens is 1. The first kappa shape index (κ1) is 12.8. The molecule has 0 bridgehead atoms. The third-order valence-corrected chi connectivity index (χ3v) is 2.41. The molecular weight excluding hydrogens is 251 g/mol. The van der Waals surface area contributed by atoms with Crippen LogP contribution in [0.1, 0.15) is 26.5 Å². The molecular formula is C13H9FN2O3. The van der Waals surface area contributed by atoms with Crippen LogP contribution in [-0.2, 0) is 4.74 Å². The average Bonchev–Trinajstić information content (AvgIpc) is 2.46. The number of ketones is 1. The van der Waals surface area contributed by atoms with E-state index in [1.165, 1.54) is 31.4 Å². The zero-order chi connectivity index (χ0) is 13.8. The van der Waals surface area contributed by atoms with Crippen molar-refractivity contribution >= 4 is 11.8 Å². The molecule has 0 amide bonds. The topological polar surface area (TPSA) is 69.2 Å². The summed E-state index contributed by atoms with van der Waals surface area (Å²) in [6, 6.07) is 6.71. The normalized spacial score (nSPS) is 10.0. The van der Waals surface area contributed by atoms with Gasteiger partial charge in [0.1, 0.15) is 17.8 Å². The van der Waals surface area contributed by atoms with Crippen molar-refractivity contribution in [3.8, 4) is 0 Å². The summed E-state index contributed by atoms with van der Waals surface area (Å²) in [5.74, 6) is -1.96. The van der Waals surface area contributed by atoms with Crippen LogP contribution in [0.25, 0.3) is 0 Å². The Morgan fingerprint density at radius 3 is 2.53 bits per heavy atom. The zero-order valence-electron chi connectivity index (χ0n) is 9.96. The van der Waals surface area contributed by atoms with Gasteiger partial charge in [-0.3, -0.25) is 4.79 Å². The van der Waals surface area contributed by atoms with Gasteiger partial charge in [-0.2, -0.15) is 0 Å². The van der Waals surface area contributed by atoms with Gasteiger partial charge < -0.3 is 4.74 Å². The molecule has 1 aromatic heterocycles. The summed E-state index contributed by atoms with van der Waals surface area (Å²) in [6.07, 6.45) is 1.06. The summed E-state index contributed by atoms with van der Waals surface area (Å²) in [5.41, 5.74) is -0.241. The Labute approximate surface area is 108 Å². The van der Waals surface area contributed by atoms with Crippen molar-refractivity contribution in [2.45, 2.75) is 0 Å². The van der Waals surface area contributed by atoms with Gasteiger partial charge in [0.05, 0.1) is 12.7 Å². The number of carbonyl (C=O) groups excluding carboxylic acids is 2. The molecule has 0 unspecified atom stereocenters. The van der Waals surface area contributed by atoms with E-state index < -0.39 is 17.6 Å². The number of hydrogen-bond donors (Lipinski definition) is 0. The fraction of sp³-hybridized carbons (Fsp3) is 0.0769. The summed E-state index contributed by atoms with van der Waals surface area (Å²) < 4.78 is 18.0. The highest BCUT2D eigenvalue weighted by molar-refractivity contribution is 6.08. The second-order valence-electron chi connectivity index (χ2n) is 3.59. The van der Waals surface area contributed by atoms with Gasteiger partial charge in [0, 0.05) is 6.07 Å². The number of rotatable bonds is 3. The highest BCUT2D eigenvalue weighted by atomic mass is 19.1. The molecule has 0 aliphatic carbocycles. The SMILES string of the molecule is COC(=O)c1cc(C(=O)c2ccccc2F)ncn1. The molecule has 5 nitrogen and oxygen atoms in total. The molecule has 0 saturated heterocycles. The molecule has 0 fully saturated rings. The first-order valence-electron chi connectivity index (χ1n) is 5.33. The quantitative estimate of drug-likeness (QED) is 0.619. The van der Waals surface area contributed by atoms with Gasteiger partial charge in [-0.25, -0.2) is 19.2 Å². The van der Waals surface area contributed by atoms with E-state index >= 15 is 0 Å². The van der Waals surface area contributed by atoms with Crippen molar-refractivity contribution in [3.63, 3.8) is 0 Å². The fourth-order valence-corrected chi connectivity index (χ4v) is 1.48. The largest absolute Gasteiger partial charge is 0.464 e. The van der Waals surface area contributed by atoms with Crippen LogP contribution in [0.2, 0.25) is 0 Å². The van der Waals surface area contributed by atoms with Crippen LogP contribution in [0.3, 0.4) is 0 Å². The van der Waals surface area contributed by atoms with Crippen LogP contribution in [0.4, 0.5) is 4.39 Å². The van der Waals surface area contributed by atoms with Crippen LogP contribution in [-0.4, -0.2) is 28.8 Å². The lowest BCUT2D eigenvalue weighted by molar-refractivity contribution is 0.0593. The number of benzene rings is 1. The lowest BCUT2D eigenvalue weighted by Gasteiger charge is -2.03. The van der Waals surface area contributed by atoms with Crippen molar-refractivity contribution in [1.29, 1.82) is 0 Å². The summed E-state index contributed by atoms with van der Waals surface area (Å²) in [6.45, 7) is 0. The summed E-state index contributed by atoms with van der Waals surface area (Å²) in [7, 11) is 1.20. The van der Waals surface area contributed by atoms with E-state index in [0.717, 1.165) is 6.33 Å². The second kappa shape index (κ2) is 5.34. The Bertz CT molecular complexity index is 643. The Kier molecular flexibility index (Phi) is 3.61. The lowest BCUT2D eigenvalue weighted by atomic mass is 10.1. The molecule has 2 aromatic rings. The van der Waals surface area contributed by atoms with E-state index in [-0.39, 0.29) is 17.0 Å². The molecule has 6 heteroatoms. The van der Waals surface area contributed by atoms with E-state index in [4.69, 9.17) is 0 Å². The standard InChI is InChI=1S/C13H9FN2O3/c1-19-13(18)11-6-10(15-7-16-11)12(17)8-4-2-3-5-9(8)14/h2-7H,1H3. The molecule has 0 spiro atoms. The Morgan fingerprint density at radius 2 is 1.84 bits per heavy atom. The Balaban J connectivity index is 2.40. The first-order valence-corrected chi connectivity index (χ1v) is 5.33. The predicted octanol–water partition coefficient (Wildman–Crippen LogP) is 1.63. The third kappa shape index (κ3) is 2.62. The molecule has 1 heterocycles. The van der Waals surface area contributed by atoms with Gasteiger partial charge in [0.25, 0.3) is 0 Å². The Hall–Kier alpha value is -2.63.